The van der Waals surface area contributed by atoms with Crippen LogP contribution in [0.1, 0.15) is 38.9 Å². The third-order valence-electron chi connectivity index (χ3n) is 3.38. The highest BCUT2D eigenvalue weighted by Crippen LogP contribution is 2.28. The van der Waals surface area contributed by atoms with E-state index in [0.717, 1.165) is 25.2 Å². The van der Waals surface area contributed by atoms with Crippen molar-refractivity contribution in [2.75, 3.05) is 18.0 Å². The zero-order chi connectivity index (χ0) is 13.1. The van der Waals surface area contributed by atoms with E-state index in [1.165, 1.54) is 5.69 Å². The van der Waals surface area contributed by atoms with E-state index in [1.54, 1.807) is 0 Å². The summed E-state index contributed by atoms with van der Waals surface area (Å²) in [5.74, 6) is 0. The van der Waals surface area contributed by atoms with E-state index in [4.69, 9.17) is 5.73 Å². The molecule has 2 N–H and O–H groups in total. The molecule has 0 amide bonds. The first kappa shape index (κ1) is 13.7. The summed E-state index contributed by atoms with van der Waals surface area (Å²) in [5, 5.41) is 1.37. The van der Waals surface area contributed by atoms with Crippen molar-refractivity contribution in [3.63, 3.8) is 0 Å². The standard InChI is InChI=1S/C14H23N3S/c1-4-13(15)14-6-5-12(7-16-14)17-8-10(2)18-11(3)9-17/h5-7,10-11,13H,4,8-9,15H2,1-3H3/t10?,11?,13-/m1/s1. The summed E-state index contributed by atoms with van der Waals surface area (Å²) in [6, 6.07) is 4.29. The lowest BCUT2D eigenvalue weighted by Crippen LogP contribution is -2.40. The number of hydrogen-bond donors (Lipinski definition) is 1. The molecule has 1 fully saturated rings. The molecule has 0 saturated carbocycles. The third kappa shape index (κ3) is 3.18. The lowest BCUT2D eigenvalue weighted by molar-refractivity contribution is 0.673. The maximum absolute atomic E-state index is 5.99. The van der Waals surface area contributed by atoms with Gasteiger partial charge in [0.25, 0.3) is 0 Å². The summed E-state index contributed by atoms with van der Waals surface area (Å²) < 4.78 is 0. The Balaban J connectivity index is 2.09. The van der Waals surface area contributed by atoms with Crippen molar-refractivity contribution < 1.29 is 0 Å². The van der Waals surface area contributed by atoms with Crippen LogP contribution in [0.25, 0.3) is 0 Å². The lowest BCUT2D eigenvalue weighted by Gasteiger charge is -2.36. The van der Waals surface area contributed by atoms with Gasteiger partial charge in [0.05, 0.1) is 17.6 Å². The molecular weight excluding hydrogens is 242 g/mol. The van der Waals surface area contributed by atoms with Crippen LogP contribution in [0.5, 0.6) is 0 Å². The van der Waals surface area contributed by atoms with Gasteiger partial charge in [-0.15, -0.1) is 0 Å². The second-order valence-corrected chi connectivity index (χ2v) is 7.00. The van der Waals surface area contributed by atoms with Crippen molar-refractivity contribution in [3.8, 4) is 0 Å². The first-order valence-electron chi connectivity index (χ1n) is 6.72. The topological polar surface area (TPSA) is 42.1 Å². The molecular formula is C14H23N3S. The molecule has 0 aromatic carbocycles. The largest absolute Gasteiger partial charge is 0.368 e. The molecule has 0 bridgehead atoms. The Hall–Kier alpha value is -0.740. The van der Waals surface area contributed by atoms with Crippen molar-refractivity contribution in [2.24, 2.45) is 5.73 Å². The third-order valence-corrected chi connectivity index (χ3v) is 4.60. The molecule has 4 heteroatoms. The van der Waals surface area contributed by atoms with Crippen LogP contribution in [0.4, 0.5) is 5.69 Å². The van der Waals surface area contributed by atoms with E-state index < -0.39 is 0 Å². The summed E-state index contributed by atoms with van der Waals surface area (Å²) in [7, 11) is 0. The van der Waals surface area contributed by atoms with Gasteiger partial charge in [-0.1, -0.05) is 20.8 Å². The Morgan fingerprint density at radius 1 is 1.39 bits per heavy atom. The fourth-order valence-electron chi connectivity index (χ4n) is 2.40. The summed E-state index contributed by atoms with van der Waals surface area (Å²) in [5.41, 5.74) is 8.20. The van der Waals surface area contributed by atoms with Crippen molar-refractivity contribution in [2.45, 2.75) is 43.7 Å². The molecule has 1 aromatic rings. The minimum Gasteiger partial charge on any atom is -0.368 e. The predicted molar refractivity (Wildman–Crippen MR) is 80.2 cm³/mol. The highest BCUT2D eigenvalue weighted by molar-refractivity contribution is 8.00. The normalized spacial score (nSPS) is 26.1. The lowest BCUT2D eigenvalue weighted by atomic mass is 10.1. The molecule has 1 aromatic heterocycles. The molecule has 18 heavy (non-hydrogen) atoms. The molecule has 2 unspecified atom stereocenters. The quantitative estimate of drug-likeness (QED) is 0.912. The Bertz CT molecular complexity index is 369. The van der Waals surface area contributed by atoms with Gasteiger partial charge in [0.2, 0.25) is 0 Å². The first-order chi connectivity index (χ1) is 8.60. The second-order valence-electron chi connectivity index (χ2n) is 5.12. The van der Waals surface area contributed by atoms with Gasteiger partial charge in [-0.05, 0) is 18.6 Å². The average Bonchev–Trinajstić information content (AvgIpc) is 2.37. The molecule has 1 saturated heterocycles. The van der Waals surface area contributed by atoms with Gasteiger partial charge < -0.3 is 10.6 Å². The zero-order valence-electron chi connectivity index (χ0n) is 11.5. The molecule has 2 rings (SSSR count). The number of anilines is 1. The van der Waals surface area contributed by atoms with Crippen LogP contribution in [0.2, 0.25) is 0 Å². The highest BCUT2D eigenvalue weighted by Gasteiger charge is 2.22. The van der Waals surface area contributed by atoms with Crippen molar-refractivity contribution in [3.05, 3.63) is 24.0 Å². The van der Waals surface area contributed by atoms with Crippen molar-refractivity contribution in [1.82, 2.24) is 4.98 Å². The van der Waals surface area contributed by atoms with Gasteiger partial charge in [0, 0.05) is 29.6 Å². The van der Waals surface area contributed by atoms with Crippen molar-refractivity contribution in [1.29, 1.82) is 0 Å². The van der Waals surface area contributed by atoms with Crippen LogP contribution >= 0.6 is 11.8 Å². The minimum absolute atomic E-state index is 0.0637. The van der Waals surface area contributed by atoms with Gasteiger partial charge in [-0.3, -0.25) is 4.98 Å². The van der Waals surface area contributed by atoms with Crippen LogP contribution in [-0.2, 0) is 0 Å². The zero-order valence-corrected chi connectivity index (χ0v) is 12.3. The second kappa shape index (κ2) is 5.93. The number of nitrogens with two attached hydrogens (primary N) is 1. The SMILES string of the molecule is CC[C@@H](N)c1ccc(N2CC(C)SC(C)C2)cn1. The Morgan fingerprint density at radius 3 is 2.56 bits per heavy atom. The number of hydrogen-bond acceptors (Lipinski definition) is 4. The fraction of sp³-hybridized carbons (Fsp3) is 0.643. The Kier molecular flexibility index (Phi) is 4.51. The van der Waals surface area contributed by atoms with Gasteiger partial charge in [-0.2, -0.15) is 11.8 Å². The van der Waals surface area contributed by atoms with E-state index in [-0.39, 0.29) is 6.04 Å². The molecule has 2 heterocycles. The van der Waals surface area contributed by atoms with E-state index in [2.05, 4.69) is 54.5 Å². The van der Waals surface area contributed by atoms with Gasteiger partial charge in [-0.25, -0.2) is 0 Å². The smallest absolute Gasteiger partial charge is 0.0572 e. The molecule has 3 nitrogen and oxygen atoms in total. The van der Waals surface area contributed by atoms with Crippen LogP contribution in [0, 0.1) is 0 Å². The van der Waals surface area contributed by atoms with Gasteiger partial charge in [0.15, 0.2) is 0 Å². The Morgan fingerprint density at radius 2 is 2.06 bits per heavy atom. The first-order valence-corrected chi connectivity index (χ1v) is 7.66. The fourth-order valence-corrected chi connectivity index (χ4v) is 3.73. The summed E-state index contributed by atoms with van der Waals surface area (Å²) >= 11 is 2.07. The number of aromatic nitrogens is 1. The molecule has 0 radical (unpaired) electrons. The van der Waals surface area contributed by atoms with Gasteiger partial charge >= 0.3 is 0 Å². The average molecular weight is 265 g/mol. The summed E-state index contributed by atoms with van der Waals surface area (Å²) in [4.78, 5) is 6.93. The van der Waals surface area contributed by atoms with E-state index in [1.807, 2.05) is 6.20 Å². The monoisotopic (exact) mass is 265 g/mol. The van der Waals surface area contributed by atoms with Crippen LogP contribution in [-0.4, -0.2) is 28.6 Å². The van der Waals surface area contributed by atoms with Crippen LogP contribution in [0.3, 0.4) is 0 Å². The van der Waals surface area contributed by atoms with Crippen LogP contribution < -0.4 is 10.6 Å². The highest BCUT2D eigenvalue weighted by atomic mass is 32.2. The van der Waals surface area contributed by atoms with E-state index in [0.29, 0.717) is 10.5 Å². The number of rotatable bonds is 3. The molecule has 0 spiro atoms. The van der Waals surface area contributed by atoms with Crippen LogP contribution in [0.15, 0.2) is 18.3 Å². The maximum atomic E-state index is 5.99. The summed E-state index contributed by atoms with van der Waals surface area (Å²) in [6.45, 7) is 8.89. The van der Waals surface area contributed by atoms with E-state index >= 15 is 0 Å². The number of nitrogens with zero attached hydrogens (tertiary/aromatic N) is 2. The van der Waals surface area contributed by atoms with E-state index in [9.17, 15) is 0 Å². The predicted octanol–water partition coefficient (Wildman–Crippen LogP) is 2.82. The number of pyridine rings is 1. The molecule has 1 aliphatic rings. The summed E-state index contributed by atoms with van der Waals surface area (Å²) in [6.07, 6.45) is 2.90. The van der Waals surface area contributed by atoms with Crippen molar-refractivity contribution >= 4 is 17.4 Å². The maximum Gasteiger partial charge on any atom is 0.0572 e. The molecule has 3 atom stereocenters. The number of thioether (sulfide) groups is 1. The van der Waals surface area contributed by atoms with Gasteiger partial charge in [0.1, 0.15) is 0 Å². The Labute approximate surface area is 114 Å². The molecule has 1 aliphatic heterocycles. The minimum atomic E-state index is 0.0637. The molecule has 0 aliphatic carbocycles. The molecule has 100 valence electrons.